The molecule has 3 nitrogen and oxygen atoms in total. The predicted octanol–water partition coefficient (Wildman–Crippen LogP) is 5.41. The van der Waals surface area contributed by atoms with Crippen LogP contribution < -0.4 is 10.6 Å². The van der Waals surface area contributed by atoms with Crippen molar-refractivity contribution in [1.82, 2.24) is 5.01 Å². The number of nitrogens with zero attached hydrogens (tertiary/aromatic N) is 2. The van der Waals surface area contributed by atoms with Crippen LogP contribution in [0, 0.1) is 5.92 Å². The standard InChI is InChI=1S/C27H33N2OPS/c1-21(31(23-13-6-4-7-14-23)24-15-8-5-9-16-24)27(25-17-10-18-26(25)32-3)28-29-19-11-12-22(29)20-30-2/h4-10,13-18,21-22,25H,11-12,19-20H2,1-3H3/b28-27-/t21-,22+,25?/m1/s1. The minimum Gasteiger partial charge on any atom is -0.382 e. The summed E-state index contributed by atoms with van der Waals surface area (Å²) < 4.78 is 5.52. The number of rotatable bonds is 9. The van der Waals surface area contributed by atoms with E-state index in [4.69, 9.17) is 9.84 Å². The molecule has 168 valence electrons. The maximum Gasteiger partial charge on any atom is 0.0704 e. The second-order valence-corrected chi connectivity index (χ2v) is 11.7. The Morgan fingerprint density at radius 1 is 1.12 bits per heavy atom. The molecular weight excluding hydrogens is 431 g/mol. The molecule has 1 aliphatic heterocycles. The van der Waals surface area contributed by atoms with Crippen LogP contribution in [0.1, 0.15) is 19.8 Å². The van der Waals surface area contributed by atoms with Crippen LogP contribution in [0.4, 0.5) is 0 Å². The fraction of sp³-hybridized carbons (Fsp3) is 0.370. The van der Waals surface area contributed by atoms with Gasteiger partial charge in [0.25, 0.3) is 0 Å². The number of benzene rings is 2. The first kappa shape index (κ1) is 23.3. The first-order chi connectivity index (χ1) is 15.7. The minimum atomic E-state index is -0.593. The summed E-state index contributed by atoms with van der Waals surface area (Å²) in [5, 5.41) is 10.5. The fourth-order valence-electron chi connectivity index (χ4n) is 4.67. The van der Waals surface area contributed by atoms with Gasteiger partial charge in [-0.3, -0.25) is 5.01 Å². The molecule has 0 amide bonds. The molecule has 0 radical (unpaired) electrons. The van der Waals surface area contributed by atoms with Crippen LogP contribution in [0.3, 0.4) is 0 Å². The molecule has 1 unspecified atom stereocenters. The molecule has 32 heavy (non-hydrogen) atoms. The van der Waals surface area contributed by atoms with Crippen LogP contribution >= 0.6 is 19.7 Å². The molecule has 2 aliphatic rings. The van der Waals surface area contributed by atoms with Gasteiger partial charge in [-0.25, -0.2) is 0 Å². The van der Waals surface area contributed by atoms with Gasteiger partial charge in [0.05, 0.1) is 18.4 Å². The van der Waals surface area contributed by atoms with Crippen molar-refractivity contribution in [2.45, 2.75) is 31.5 Å². The molecule has 1 aliphatic carbocycles. The van der Waals surface area contributed by atoms with Gasteiger partial charge >= 0.3 is 0 Å². The molecule has 4 rings (SSSR count). The second kappa shape index (κ2) is 11.3. The summed E-state index contributed by atoms with van der Waals surface area (Å²) in [5.41, 5.74) is 1.59. The van der Waals surface area contributed by atoms with Crippen molar-refractivity contribution >= 4 is 36.0 Å². The van der Waals surface area contributed by atoms with Crippen LogP contribution in [0.5, 0.6) is 0 Å². The quantitative estimate of drug-likeness (QED) is 0.367. The molecule has 0 N–H and O–H groups in total. The van der Waals surface area contributed by atoms with Crippen molar-refractivity contribution in [3.63, 3.8) is 0 Å². The maximum atomic E-state index is 5.52. The van der Waals surface area contributed by atoms with Crippen LogP contribution in [-0.2, 0) is 4.74 Å². The number of allylic oxidation sites excluding steroid dienone is 4. The Kier molecular flexibility index (Phi) is 8.24. The molecule has 0 bridgehead atoms. The van der Waals surface area contributed by atoms with E-state index in [0.717, 1.165) is 19.6 Å². The predicted molar refractivity (Wildman–Crippen MR) is 142 cm³/mol. The molecule has 1 saturated heterocycles. The van der Waals surface area contributed by atoms with Gasteiger partial charge in [-0.2, -0.15) is 5.10 Å². The number of methoxy groups -OCH3 is 1. The summed E-state index contributed by atoms with van der Waals surface area (Å²) >= 11 is 1.84. The van der Waals surface area contributed by atoms with Gasteiger partial charge in [0.1, 0.15) is 0 Å². The van der Waals surface area contributed by atoms with E-state index in [1.807, 2.05) is 11.8 Å². The van der Waals surface area contributed by atoms with E-state index < -0.39 is 7.92 Å². The van der Waals surface area contributed by atoms with E-state index in [-0.39, 0.29) is 5.92 Å². The molecular formula is C27H33N2OPS. The maximum absolute atomic E-state index is 5.52. The lowest BCUT2D eigenvalue weighted by Gasteiger charge is -2.32. The zero-order chi connectivity index (χ0) is 22.3. The monoisotopic (exact) mass is 464 g/mol. The SMILES string of the molecule is COC[C@@H]1CCCN1/N=C(\C1C=CC=C1SC)[C@@H](C)P(c1ccccc1)c1ccccc1. The molecule has 0 spiro atoms. The first-order valence-corrected chi connectivity index (χ1v) is 14.0. The average Bonchev–Trinajstić information content (AvgIpc) is 3.48. The molecule has 0 saturated carbocycles. The summed E-state index contributed by atoms with van der Waals surface area (Å²) in [7, 11) is 1.20. The van der Waals surface area contributed by atoms with E-state index in [9.17, 15) is 0 Å². The van der Waals surface area contributed by atoms with Crippen LogP contribution in [0.25, 0.3) is 0 Å². The second-order valence-electron chi connectivity index (χ2n) is 8.29. The highest BCUT2D eigenvalue weighted by Crippen LogP contribution is 2.44. The van der Waals surface area contributed by atoms with Gasteiger partial charge in [0, 0.05) is 25.2 Å². The number of thioether (sulfide) groups is 1. The summed E-state index contributed by atoms with van der Waals surface area (Å²) in [6.45, 7) is 4.13. The van der Waals surface area contributed by atoms with Gasteiger partial charge < -0.3 is 4.74 Å². The Morgan fingerprint density at radius 3 is 2.38 bits per heavy atom. The van der Waals surface area contributed by atoms with E-state index >= 15 is 0 Å². The highest BCUT2D eigenvalue weighted by molar-refractivity contribution is 8.02. The van der Waals surface area contributed by atoms with Crippen LogP contribution in [-0.4, -0.2) is 48.9 Å². The molecule has 1 fully saturated rings. The van der Waals surface area contributed by atoms with Gasteiger partial charge in [0.15, 0.2) is 0 Å². The average molecular weight is 465 g/mol. The van der Waals surface area contributed by atoms with E-state index in [1.54, 1.807) is 7.11 Å². The molecule has 1 heterocycles. The van der Waals surface area contributed by atoms with E-state index in [2.05, 4.69) is 97.1 Å². The highest BCUT2D eigenvalue weighted by atomic mass is 32.2. The summed E-state index contributed by atoms with van der Waals surface area (Å²) in [5.74, 6) is 0.251. The summed E-state index contributed by atoms with van der Waals surface area (Å²) in [6, 6.07) is 22.4. The van der Waals surface area contributed by atoms with Crippen LogP contribution in [0.2, 0.25) is 0 Å². The number of ether oxygens (including phenoxy) is 1. The lowest BCUT2D eigenvalue weighted by molar-refractivity contribution is 0.117. The van der Waals surface area contributed by atoms with Gasteiger partial charge in [-0.15, -0.1) is 11.8 Å². The molecule has 2 aromatic rings. The smallest absolute Gasteiger partial charge is 0.0704 e. The molecule has 0 aromatic heterocycles. The normalized spacial score (nSPS) is 21.9. The van der Waals surface area contributed by atoms with Crippen molar-refractivity contribution in [3.05, 3.63) is 83.8 Å². The first-order valence-electron chi connectivity index (χ1n) is 11.4. The third kappa shape index (κ3) is 5.20. The van der Waals surface area contributed by atoms with Crippen molar-refractivity contribution in [2.24, 2.45) is 11.0 Å². The van der Waals surface area contributed by atoms with Crippen molar-refractivity contribution in [3.8, 4) is 0 Å². The third-order valence-electron chi connectivity index (χ3n) is 6.26. The van der Waals surface area contributed by atoms with Crippen molar-refractivity contribution in [1.29, 1.82) is 0 Å². The molecule has 2 aromatic carbocycles. The van der Waals surface area contributed by atoms with E-state index in [0.29, 0.717) is 11.7 Å². The number of hydrogen-bond acceptors (Lipinski definition) is 4. The highest BCUT2D eigenvalue weighted by Gasteiger charge is 2.33. The van der Waals surface area contributed by atoms with Gasteiger partial charge in [-0.05, 0) is 42.5 Å². The Labute approximate surface area is 198 Å². The zero-order valence-corrected chi connectivity index (χ0v) is 20.9. The lowest BCUT2D eigenvalue weighted by Crippen LogP contribution is -2.35. The lowest BCUT2D eigenvalue weighted by atomic mass is 10.0. The van der Waals surface area contributed by atoms with Gasteiger partial charge in [0.2, 0.25) is 0 Å². The fourth-order valence-corrected chi connectivity index (χ4v) is 8.00. The van der Waals surface area contributed by atoms with Crippen LogP contribution in [0.15, 0.2) is 88.9 Å². The Hall–Kier alpha value is -1.87. The van der Waals surface area contributed by atoms with Crippen molar-refractivity contribution in [2.75, 3.05) is 26.5 Å². The Balaban J connectivity index is 1.77. The van der Waals surface area contributed by atoms with Crippen molar-refractivity contribution < 1.29 is 4.74 Å². The topological polar surface area (TPSA) is 24.8 Å². The molecule has 5 heteroatoms. The Bertz CT molecular complexity index is 921. The largest absolute Gasteiger partial charge is 0.382 e. The third-order valence-corrected chi connectivity index (χ3v) is 9.87. The van der Waals surface area contributed by atoms with E-state index in [1.165, 1.54) is 27.6 Å². The number of hydrogen-bond donors (Lipinski definition) is 0. The Morgan fingerprint density at radius 2 is 1.78 bits per heavy atom. The molecule has 3 atom stereocenters. The number of hydrazone groups is 1. The zero-order valence-electron chi connectivity index (χ0n) is 19.2. The minimum absolute atomic E-state index is 0.251. The van der Waals surface area contributed by atoms with Gasteiger partial charge in [-0.1, -0.05) is 85.8 Å². The summed E-state index contributed by atoms with van der Waals surface area (Å²) in [4.78, 5) is 1.38. The summed E-state index contributed by atoms with van der Waals surface area (Å²) in [6.07, 6.45) is 11.3.